The largest absolute Gasteiger partial charge is 0.309 e. The molecule has 0 aliphatic carbocycles. The van der Waals surface area contributed by atoms with E-state index < -0.39 is 0 Å². The van der Waals surface area contributed by atoms with Gasteiger partial charge >= 0.3 is 0 Å². The average molecular weight is 330 g/mol. The second kappa shape index (κ2) is 5.78. The second-order valence-corrected chi connectivity index (χ2v) is 5.21. The van der Waals surface area contributed by atoms with E-state index in [4.69, 9.17) is 11.6 Å². The van der Waals surface area contributed by atoms with Crippen molar-refractivity contribution in [2.24, 2.45) is 0 Å². The maximum absolute atomic E-state index is 13.2. The molecular weight excluding hydrogens is 319 g/mol. The van der Waals surface area contributed by atoms with Crippen molar-refractivity contribution in [3.8, 4) is 0 Å². The molecule has 0 radical (unpaired) electrons. The Kier molecular flexibility index (Phi) is 4.32. The van der Waals surface area contributed by atoms with Crippen LogP contribution >= 0.6 is 27.5 Å². The molecule has 18 heavy (non-hydrogen) atoms. The fourth-order valence-corrected chi connectivity index (χ4v) is 2.74. The highest BCUT2D eigenvalue weighted by molar-refractivity contribution is 9.10. The van der Waals surface area contributed by atoms with Crippen LogP contribution < -0.4 is 5.32 Å². The van der Waals surface area contributed by atoms with Gasteiger partial charge < -0.3 is 5.32 Å². The van der Waals surface area contributed by atoms with Crippen molar-refractivity contribution in [1.29, 1.82) is 0 Å². The minimum Gasteiger partial charge on any atom is -0.309 e. The standard InChI is InChI=1S/C13H11BrClFN2/c1-17-13(9-4-12(16)7-18-6-9)8-2-10(14)5-11(15)3-8/h2-7,13,17H,1H3. The van der Waals surface area contributed by atoms with E-state index in [0.717, 1.165) is 15.6 Å². The molecule has 1 heterocycles. The van der Waals surface area contributed by atoms with E-state index in [-0.39, 0.29) is 11.9 Å². The molecule has 2 rings (SSSR count). The van der Waals surface area contributed by atoms with Crippen LogP contribution in [0.25, 0.3) is 0 Å². The van der Waals surface area contributed by atoms with E-state index in [1.807, 2.05) is 25.2 Å². The van der Waals surface area contributed by atoms with Crippen LogP contribution in [0.5, 0.6) is 0 Å². The Balaban J connectivity index is 2.45. The zero-order valence-corrected chi connectivity index (χ0v) is 12.0. The summed E-state index contributed by atoms with van der Waals surface area (Å²) in [5.41, 5.74) is 1.70. The van der Waals surface area contributed by atoms with Gasteiger partial charge in [0, 0.05) is 15.7 Å². The summed E-state index contributed by atoms with van der Waals surface area (Å²) in [6, 6.07) is 6.91. The Labute approximate surface area is 118 Å². The summed E-state index contributed by atoms with van der Waals surface area (Å²) >= 11 is 9.42. The first-order valence-electron chi connectivity index (χ1n) is 5.34. The molecule has 0 spiro atoms. The van der Waals surface area contributed by atoms with Crippen molar-refractivity contribution < 1.29 is 4.39 Å². The van der Waals surface area contributed by atoms with Crippen LogP contribution in [-0.2, 0) is 0 Å². The summed E-state index contributed by atoms with van der Waals surface area (Å²) in [6.45, 7) is 0. The molecule has 0 saturated heterocycles. The lowest BCUT2D eigenvalue weighted by Gasteiger charge is -2.17. The Morgan fingerprint density at radius 3 is 2.61 bits per heavy atom. The van der Waals surface area contributed by atoms with E-state index >= 15 is 0 Å². The van der Waals surface area contributed by atoms with Crippen LogP contribution in [0.15, 0.2) is 41.1 Å². The van der Waals surface area contributed by atoms with Crippen molar-refractivity contribution in [2.75, 3.05) is 7.05 Å². The highest BCUT2D eigenvalue weighted by atomic mass is 79.9. The van der Waals surface area contributed by atoms with Gasteiger partial charge in [0.2, 0.25) is 0 Å². The lowest BCUT2D eigenvalue weighted by molar-refractivity contribution is 0.608. The maximum atomic E-state index is 13.2. The fraction of sp³-hybridized carbons (Fsp3) is 0.154. The molecule has 2 aromatic rings. The summed E-state index contributed by atoms with van der Waals surface area (Å²) in [5.74, 6) is -0.353. The van der Waals surface area contributed by atoms with Crippen molar-refractivity contribution in [3.63, 3.8) is 0 Å². The molecule has 1 atom stereocenters. The van der Waals surface area contributed by atoms with Crippen LogP contribution in [0.2, 0.25) is 5.02 Å². The summed E-state index contributed by atoms with van der Waals surface area (Å²) < 4.78 is 14.1. The summed E-state index contributed by atoms with van der Waals surface area (Å²) in [6.07, 6.45) is 2.82. The number of aromatic nitrogens is 1. The maximum Gasteiger partial charge on any atom is 0.141 e. The smallest absolute Gasteiger partial charge is 0.141 e. The molecule has 0 fully saturated rings. The second-order valence-electron chi connectivity index (χ2n) is 3.86. The number of halogens is 3. The Morgan fingerprint density at radius 2 is 2.00 bits per heavy atom. The molecule has 94 valence electrons. The molecule has 1 N–H and O–H groups in total. The zero-order chi connectivity index (χ0) is 13.1. The van der Waals surface area contributed by atoms with Gasteiger partial charge in [0.15, 0.2) is 0 Å². The summed E-state index contributed by atoms with van der Waals surface area (Å²) in [7, 11) is 1.81. The number of nitrogens with zero attached hydrogens (tertiary/aromatic N) is 1. The van der Waals surface area contributed by atoms with Gasteiger partial charge in [-0.3, -0.25) is 4.98 Å². The third-order valence-corrected chi connectivity index (χ3v) is 3.24. The van der Waals surface area contributed by atoms with Gasteiger partial charge in [0.05, 0.1) is 12.2 Å². The first-order valence-corrected chi connectivity index (χ1v) is 6.51. The van der Waals surface area contributed by atoms with Crippen molar-refractivity contribution in [3.05, 3.63) is 63.1 Å². The lowest BCUT2D eigenvalue weighted by atomic mass is 10.0. The molecule has 0 saturated carbocycles. The molecule has 0 amide bonds. The topological polar surface area (TPSA) is 24.9 Å². The number of pyridine rings is 1. The van der Waals surface area contributed by atoms with E-state index in [0.29, 0.717) is 5.02 Å². The molecule has 5 heteroatoms. The first kappa shape index (κ1) is 13.5. The van der Waals surface area contributed by atoms with Crippen molar-refractivity contribution in [2.45, 2.75) is 6.04 Å². The SMILES string of the molecule is CNC(c1cncc(F)c1)c1cc(Cl)cc(Br)c1. The summed E-state index contributed by atoms with van der Waals surface area (Å²) in [5, 5.41) is 3.76. The van der Waals surface area contributed by atoms with Crippen LogP contribution in [-0.4, -0.2) is 12.0 Å². The molecule has 1 unspecified atom stereocenters. The monoisotopic (exact) mass is 328 g/mol. The quantitative estimate of drug-likeness (QED) is 0.922. The molecule has 0 aliphatic heterocycles. The van der Waals surface area contributed by atoms with E-state index in [9.17, 15) is 4.39 Å². The van der Waals surface area contributed by atoms with Crippen LogP contribution in [0.1, 0.15) is 17.2 Å². The lowest BCUT2D eigenvalue weighted by Crippen LogP contribution is -2.18. The number of benzene rings is 1. The highest BCUT2D eigenvalue weighted by Gasteiger charge is 2.14. The number of hydrogen-bond acceptors (Lipinski definition) is 2. The Hall–Kier alpha value is -0.970. The number of hydrogen-bond donors (Lipinski definition) is 1. The predicted octanol–water partition coefficient (Wildman–Crippen LogP) is 3.95. The van der Waals surface area contributed by atoms with Crippen LogP contribution in [0.3, 0.4) is 0 Å². The molecule has 1 aromatic carbocycles. The van der Waals surface area contributed by atoms with Gasteiger partial charge in [0.25, 0.3) is 0 Å². The zero-order valence-electron chi connectivity index (χ0n) is 9.62. The van der Waals surface area contributed by atoms with Gasteiger partial charge in [-0.15, -0.1) is 0 Å². The van der Waals surface area contributed by atoms with Crippen LogP contribution in [0.4, 0.5) is 4.39 Å². The third-order valence-electron chi connectivity index (χ3n) is 2.57. The highest BCUT2D eigenvalue weighted by Crippen LogP contribution is 2.27. The van der Waals surface area contributed by atoms with Gasteiger partial charge in [-0.1, -0.05) is 27.5 Å². The van der Waals surface area contributed by atoms with Crippen molar-refractivity contribution in [1.82, 2.24) is 10.3 Å². The van der Waals surface area contributed by atoms with Gasteiger partial charge in [-0.05, 0) is 42.4 Å². The molecule has 2 nitrogen and oxygen atoms in total. The first-order chi connectivity index (χ1) is 8.60. The minimum atomic E-state index is -0.353. The molecular formula is C13H11BrClFN2. The minimum absolute atomic E-state index is 0.150. The van der Waals surface area contributed by atoms with E-state index in [1.54, 1.807) is 6.20 Å². The number of rotatable bonds is 3. The Bertz CT molecular complexity index is 542. The molecule has 1 aromatic heterocycles. The van der Waals surface area contributed by atoms with E-state index in [2.05, 4.69) is 26.2 Å². The summed E-state index contributed by atoms with van der Waals surface area (Å²) in [4.78, 5) is 3.86. The predicted molar refractivity (Wildman–Crippen MR) is 74.2 cm³/mol. The van der Waals surface area contributed by atoms with Gasteiger partial charge in [-0.2, -0.15) is 0 Å². The van der Waals surface area contributed by atoms with E-state index in [1.165, 1.54) is 12.3 Å². The van der Waals surface area contributed by atoms with Gasteiger partial charge in [0.1, 0.15) is 5.82 Å². The fourth-order valence-electron chi connectivity index (χ4n) is 1.85. The average Bonchev–Trinajstić information content (AvgIpc) is 2.28. The van der Waals surface area contributed by atoms with Crippen LogP contribution in [0, 0.1) is 5.82 Å². The number of nitrogens with one attached hydrogen (secondary N) is 1. The van der Waals surface area contributed by atoms with Crippen molar-refractivity contribution >= 4 is 27.5 Å². The third kappa shape index (κ3) is 3.07. The molecule has 0 aliphatic rings. The Morgan fingerprint density at radius 1 is 1.22 bits per heavy atom. The van der Waals surface area contributed by atoms with Gasteiger partial charge in [-0.25, -0.2) is 4.39 Å². The normalized spacial score (nSPS) is 12.4. The molecule has 0 bridgehead atoms.